The summed E-state index contributed by atoms with van der Waals surface area (Å²) in [6.07, 6.45) is 0.995. The molecule has 1 aliphatic carbocycles. The number of nitrogens with zero attached hydrogens (tertiary/aromatic N) is 1. The van der Waals surface area contributed by atoms with Gasteiger partial charge in [-0.1, -0.05) is 18.2 Å². The first-order chi connectivity index (χ1) is 8.66. The van der Waals surface area contributed by atoms with Gasteiger partial charge in [-0.2, -0.15) is 0 Å². The molecule has 1 saturated heterocycles. The van der Waals surface area contributed by atoms with Gasteiger partial charge < -0.3 is 10.0 Å². The van der Waals surface area contributed by atoms with E-state index in [2.05, 4.69) is 0 Å². The number of aliphatic hydroxyl groups is 1. The van der Waals surface area contributed by atoms with E-state index in [-0.39, 0.29) is 29.7 Å². The third kappa shape index (κ3) is 2.01. The van der Waals surface area contributed by atoms with Crippen LogP contribution in [0.1, 0.15) is 24.3 Å². The topological polar surface area (TPSA) is 40.5 Å². The van der Waals surface area contributed by atoms with Gasteiger partial charge in [0.2, 0.25) is 5.91 Å². The Kier molecular flexibility index (Phi) is 2.82. The number of amides is 1. The maximum atomic E-state index is 13.6. The molecule has 1 amide bonds. The van der Waals surface area contributed by atoms with Crippen molar-refractivity contribution >= 4 is 5.91 Å². The standard InChI is InChI=1S/C14H16FNO2/c15-13-4-2-1-3-10(13)11-7-12(11)14(18)16-6-5-9(17)8-16/h1-4,9,11-12,17H,5-8H2/t9-,11?,12?/m1/s1. The zero-order chi connectivity index (χ0) is 12.7. The molecule has 1 aromatic carbocycles. The molecule has 18 heavy (non-hydrogen) atoms. The molecule has 4 heteroatoms. The van der Waals surface area contributed by atoms with Gasteiger partial charge in [-0.15, -0.1) is 0 Å². The molecular weight excluding hydrogens is 233 g/mol. The first-order valence-electron chi connectivity index (χ1n) is 6.38. The number of carbonyl (C=O) groups is 1. The highest BCUT2D eigenvalue weighted by Gasteiger charge is 2.47. The van der Waals surface area contributed by atoms with E-state index >= 15 is 0 Å². The fourth-order valence-corrected chi connectivity index (χ4v) is 2.76. The average molecular weight is 249 g/mol. The molecule has 96 valence electrons. The summed E-state index contributed by atoms with van der Waals surface area (Å²) < 4.78 is 13.6. The molecule has 2 fully saturated rings. The van der Waals surface area contributed by atoms with Gasteiger partial charge in [0.1, 0.15) is 5.82 Å². The van der Waals surface area contributed by atoms with Crippen LogP contribution >= 0.6 is 0 Å². The van der Waals surface area contributed by atoms with Crippen LogP contribution in [0.3, 0.4) is 0 Å². The lowest BCUT2D eigenvalue weighted by Crippen LogP contribution is -2.31. The Morgan fingerprint density at radius 3 is 2.83 bits per heavy atom. The highest BCUT2D eigenvalue weighted by Crippen LogP contribution is 2.49. The van der Waals surface area contributed by atoms with E-state index < -0.39 is 0 Å². The fourth-order valence-electron chi connectivity index (χ4n) is 2.76. The van der Waals surface area contributed by atoms with Gasteiger partial charge in [0.25, 0.3) is 0 Å². The van der Waals surface area contributed by atoms with Crippen molar-refractivity contribution in [1.29, 1.82) is 0 Å². The fraction of sp³-hybridized carbons (Fsp3) is 0.500. The Hall–Kier alpha value is -1.42. The van der Waals surface area contributed by atoms with Crippen LogP contribution in [0.5, 0.6) is 0 Å². The summed E-state index contributed by atoms with van der Waals surface area (Å²) in [7, 11) is 0. The molecule has 2 unspecified atom stereocenters. The van der Waals surface area contributed by atoms with E-state index in [9.17, 15) is 14.3 Å². The van der Waals surface area contributed by atoms with Crippen LogP contribution in [0.15, 0.2) is 24.3 Å². The minimum Gasteiger partial charge on any atom is -0.391 e. The maximum absolute atomic E-state index is 13.6. The molecule has 1 saturated carbocycles. The van der Waals surface area contributed by atoms with Crippen molar-refractivity contribution in [2.75, 3.05) is 13.1 Å². The van der Waals surface area contributed by atoms with Crippen LogP contribution < -0.4 is 0 Å². The van der Waals surface area contributed by atoms with E-state index in [1.54, 1.807) is 23.1 Å². The van der Waals surface area contributed by atoms with Gasteiger partial charge in [-0.05, 0) is 30.4 Å². The van der Waals surface area contributed by atoms with Gasteiger partial charge in [0.05, 0.1) is 6.10 Å². The highest BCUT2D eigenvalue weighted by atomic mass is 19.1. The van der Waals surface area contributed by atoms with E-state index in [0.717, 1.165) is 6.42 Å². The summed E-state index contributed by atoms with van der Waals surface area (Å²) in [6, 6.07) is 6.66. The zero-order valence-electron chi connectivity index (χ0n) is 10.1. The number of benzene rings is 1. The second-order valence-electron chi connectivity index (χ2n) is 5.20. The minimum atomic E-state index is -0.389. The van der Waals surface area contributed by atoms with Crippen LogP contribution in [0.25, 0.3) is 0 Å². The van der Waals surface area contributed by atoms with E-state index in [1.165, 1.54) is 6.07 Å². The molecule has 1 heterocycles. The summed E-state index contributed by atoms with van der Waals surface area (Å²) in [4.78, 5) is 13.8. The number of rotatable bonds is 2. The number of aliphatic hydroxyl groups excluding tert-OH is 1. The Labute approximate surface area is 105 Å². The monoisotopic (exact) mass is 249 g/mol. The molecule has 1 N–H and O–H groups in total. The van der Waals surface area contributed by atoms with Gasteiger partial charge in [-0.3, -0.25) is 4.79 Å². The van der Waals surface area contributed by atoms with Crippen molar-refractivity contribution in [3.63, 3.8) is 0 Å². The Balaban J connectivity index is 1.67. The lowest BCUT2D eigenvalue weighted by Gasteiger charge is -2.15. The molecule has 0 bridgehead atoms. The third-order valence-electron chi connectivity index (χ3n) is 3.89. The summed E-state index contributed by atoms with van der Waals surface area (Å²) in [5.74, 6) is -0.220. The Morgan fingerprint density at radius 2 is 2.17 bits per heavy atom. The van der Waals surface area contributed by atoms with E-state index in [0.29, 0.717) is 25.1 Å². The van der Waals surface area contributed by atoms with Crippen molar-refractivity contribution in [3.05, 3.63) is 35.6 Å². The van der Waals surface area contributed by atoms with E-state index in [4.69, 9.17) is 0 Å². The number of β-amino-alcohol motifs (C(OH)–C–C–N with tert-alkyl or cyclic N) is 1. The van der Waals surface area contributed by atoms with Gasteiger partial charge >= 0.3 is 0 Å². The van der Waals surface area contributed by atoms with Gasteiger partial charge in [-0.25, -0.2) is 4.39 Å². The first-order valence-corrected chi connectivity index (χ1v) is 6.38. The van der Waals surface area contributed by atoms with Crippen molar-refractivity contribution in [2.24, 2.45) is 5.92 Å². The summed E-state index contributed by atoms with van der Waals surface area (Å²) in [5.41, 5.74) is 0.649. The quantitative estimate of drug-likeness (QED) is 0.863. The maximum Gasteiger partial charge on any atom is 0.226 e. The third-order valence-corrected chi connectivity index (χ3v) is 3.89. The number of carbonyl (C=O) groups excluding carboxylic acids is 1. The summed E-state index contributed by atoms with van der Waals surface area (Å²) in [5, 5.41) is 9.42. The second-order valence-corrected chi connectivity index (χ2v) is 5.20. The SMILES string of the molecule is O=C(C1CC1c1ccccc1F)N1CC[C@@H](O)C1. The summed E-state index contributed by atoms with van der Waals surface area (Å²) >= 11 is 0. The van der Waals surface area contributed by atoms with Crippen LogP contribution in [0, 0.1) is 11.7 Å². The van der Waals surface area contributed by atoms with E-state index in [1.807, 2.05) is 0 Å². The minimum absolute atomic E-state index is 0.0245. The van der Waals surface area contributed by atoms with Crippen molar-refractivity contribution in [3.8, 4) is 0 Å². The van der Waals surface area contributed by atoms with Gasteiger partial charge in [0, 0.05) is 19.0 Å². The zero-order valence-corrected chi connectivity index (χ0v) is 10.1. The Morgan fingerprint density at radius 1 is 1.39 bits per heavy atom. The lowest BCUT2D eigenvalue weighted by molar-refractivity contribution is -0.131. The second kappa shape index (κ2) is 4.35. The molecule has 2 aliphatic rings. The Bertz CT molecular complexity index is 477. The summed E-state index contributed by atoms with van der Waals surface area (Å²) in [6.45, 7) is 1.06. The lowest BCUT2D eigenvalue weighted by atomic mass is 10.1. The molecule has 3 rings (SSSR count). The van der Waals surface area contributed by atoms with Crippen molar-refractivity contribution in [1.82, 2.24) is 4.90 Å². The number of halogens is 1. The molecule has 0 radical (unpaired) electrons. The molecular formula is C14H16FNO2. The van der Waals surface area contributed by atoms with Crippen molar-refractivity contribution < 1.29 is 14.3 Å². The van der Waals surface area contributed by atoms with Crippen LogP contribution in [-0.2, 0) is 4.79 Å². The number of hydrogen-bond donors (Lipinski definition) is 1. The largest absolute Gasteiger partial charge is 0.391 e. The average Bonchev–Trinajstić information content (AvgIpc) is 3.03. The molecule has 3 nitrogen and oxygen atoms in total. The molecule has 1 aromatic rings. The van der Waals surface area contributed by atoms with Crippen LogP contribution in [0.2, 0.25) is 0 Å². The first kappa shape index (κ1) is 11.7. The molecule has 0 spiro atoms. The number of hydrogen-bond acceptors (Lipinski definition) is 2. The highest BCUT2D eigenvalue weighted by molar-refractivity contribution is 5.83. The predicted octanol–water partition coefficient (Wildman–Crippen LogP) is 1.52. The number of likely N-dealkylation sites (tertiary alicyclic amines) is 1. The predicted molar refractivity (Wildman–Crippen MR) is 64.5 cm³/mol. The van der Waals surface area contributed by atoms with Crippen LogP contribution in [0.4, 0.5) is 4.39 Å². The molecule has 0 aromatic heterocycles. The molecule has 1 aliphatic heterocycles. The molecule has 3 atom stereocenters. The van der Waals surface area contributed by atoms with Gasteiger partial charge in [0.15, 0.2) is 0 Å². The normalized spacial score (nSPS) is 30.6. The van der Waals surface area contributed by atoms with Crippen LogP contribution in [-0.4, -0.2) is 35.1 Å². The smallest absolute Gasteiger partial charge is 0.226 e. The van der Waals surface area contributed by atoms with Crippen molar-refractivity contribution in [2.45, 2.75) is 24.9 Å².